The molecule has 0 saturated carbocycles. The van der Waals surface area contributed by atoms with Crippen molar-refractivity contribution in [2.45, 2.75) is 19.9 Å². The topological polar surface area (TPSA) is 64.0 Å². The number of nitrogens with one attached hydrogen (secondary N) is 1. The molecule has 0 saturated heterocycles. The Labute approximate surface area is 169 Å². The number of nitrogens with zero attached hydrogens (tertiary/aromatic N) is 2. The van der Waals surface area contributed by atoms with E-state index in [1.165, 1.54) is 5.56 Å². The predicted molar refractivity (Wildman–Crippen MR) is 114 cm³/mol. The second kappa shape index (κ2) is 8.10. The monoisotopic (exact) mass is 383 g/mol. The van der Waals surface area contributed by atoms with Gasteiger partial charge in [0.05, 0.1) is 5.56 Å². The highest BCUT2D eigenvalue weighted by Crippen LogP contribution is 2.23. The number of benzene rings is 2. The largest absolute Gasteiger partial charge is 0.342 e. The fraction of sp³-hybridized carbons (Fsp3) is 0.125. The first-order chi connectivity index (χ1) is 14.2. The number of rotatable bonds is 6. The van der Waals surface area contributed by atoms with Crippen LogP contribution in [0.25, 0.3) is 10.9 Å². The zero-order valence-electron chi connectivity index (χ0n) is 16.1. The number of para-hydroxylation sites is 1. The van der Waals surface area contributed by atoms with Crippen molar-refractivity contribution in [3.63, 3.8) is 0 Å². The summed E-state index contributed by atoms with van der Waals surface area (Å²) < 4.78 is 2.02. The van der Waals surface area contributed by atoms with Crippen molar-refractivity contribution in [1.29, 1.82) is 0 Å². The number of hydrogen-bond acceptors (Lipinski definition) is 3. The minimum atomic E-state index is -0.661. The van der Waals surface area contributed by atoms with Gasteiger partial charge in [-0.3, -0.25) is 14.6 Å². The lowest BCUT2D eigenvalue weighted by molar-refractivity contribution is -0.112. The molecule has 0 aliphatic heterocycles. The van der Waals surface area contributed by atoms with E-state index in [1.807, 2.05) is 28.8 Å². The van der Waals surface area contributed by atoms with Crippen molar-refractivity contribution in [3.05, 3.63) is 95.9 Å². The van der Waals surface area contributed by atoms with Crippen molar-refractivity contribution >= 4 is 28.3 Å². The van der Waals surface area contributed by atoms with Gasteiger partial charge in [0.15, 0.2) is 0 Å². The molecule has 29 heavy (non-hydrogen) atoms. The molecular weight excluding hydrogens is 362 g/mol. The lowest BCUT2D eigenvalue weighted by Gasteiger charge is -2.06. The Balaban J connectivity index is 1.64. The van der Waals surface area contributed by atoms with E-state index in [-0.39, 0.29) is 0 Å². The third-order valence-corrected chi connectivity index (χ3v) is 4.96. The maximum Gasteiger partial charge on any atom is 0.296 e. The Morgan fingerprint density at radius 1 is 0.931 bits per heavy atom. The first kappa shape index (κ1) is 18.6. The van der Waals surface area contributed by atoms with Gasteiger partial charge >= 0.3 is 0 Å². The molecule has 1 N–H and O–H groups in total. The molecule has 0 radical (unpaired) electrons. The van der Waals surface area contributed by atoms with Gasteiger partial charge in [0.25, 0.3) is 11.7 Å². The second-order valence-electron chi connectivity index (χ2n) is 6.88. The van der Waals surface area contributed by atoms with E-state index >= 15 is 0 Å². The molecule has 4 aromatic rings. The molecule has 2 heterocycles. The summed E-state index contributed by atoms with van der Waals surface area (Å²) in [6, 6.07) is 19.4. The molecule has 4 rings (SSSR count). The number of carbonyl (C=O) groups is 2. The zero-order chi connectivity index (χ0) is 20.2. The Bertz CT molecular complexity index is 1160. The highest BCUT2D eigenvalue weighted by atomic mass is 16.2. The van der Waals surface area contributed by atoms with Gasteiger partial charge < -0.3 is 9.88 Å². The van der Waals surface area contributed by atoms with Crippen LogP contribution in [0, 0.1) is 0 Å². The average molecular weight is 383 g/mol. The highest BCUT2D eigenvalue weighted by molar-refractivity contribution is 6.48. The Morgan fingerprint density at radius 3 is 2.34 bits per heavy atom. The van der Waals surface area contributed by atoms with E-state index in [9.17, 15) is 9.59 Å². The molecule has 0 aliphatic carbocycles. The molecule has 0 atom stereocenters. The summed E-state index contributed by atoms with van der Waals surface area (Å²) in [5.41, 5.74) is 4.29. The van der Waals surface area contributed by atoms with Crippen LogP contribution >= 0.6 is 0 Å². The minimum Gasteiger partial charge on any atom is -0.342 e. The fourth-order valence-electron chi connectivity index (χ4n) is 3.38. The third-order valence-electron chi connectivity index (χ3n) is 4.96. The van der Waals surface area contributed by atoms with Gasteiger partial charge in [-0.15, -0.1) is 0 Å². The van der Waals surface area contributed by atoms with Crippen LogP contribution in [0.15, 0.2) is 79.3 Å². The Morgan fingerprint density at radius 2 is 1.62 bits per heavy atom. The van der Waals surface area contributed by atoms with Crippen LogP contribution in [-0.4, -0.2) is 21.2 Å². The van der Waals surface area contributed by atoms with Crippen LogP contribution in [0.5, 0.6) is 0 Å². The van der Waals surface area contributed by atoms with Crippen LogP contribution in [0.1, 0.15) is 28.4 Å². The maximum atomic E-state index is 12.9. The second-order valence-corrected chi connectivity index (χ2v) is 6.88. The van der Waals surface area contributed by atoms with E-state index in [2.05, 4.69) is 41.5 Å². The number of carbonyl (C=O) groups excluding carboxylic acids is 2. The fourth-order valence-corrected chi connectivity index (χ4v) is 3.38. The summed E-state index contributed by atoms with van der Waals surface area (Å²) in [5, 5.41) is 3.41. The van der Waals surface area contributed by atoms with Crippen molar-refractivity contribution < 1.29 is 9.59 Å². The first-order valence-electron chi connectivity index (χ1n) is 9.57. The maximum absolute atomic E-state index is 12.9. The Kier molecular flexibility index (Phi) is 5.20. The van der Waals surface area contributed by atoms with Crippen LogP contribution in [-0.2, 0) is 17.8 Å². The number of anilines is 1. The number of aryl methyl sites for hydroxylation is 1. The summed E-state index contributed by atoms with van der Waals surface area (Å²) in [4.78, 5) is 29.3. The number of pyridine rings is 1. The van der Waals surface area contributed by atoms with Crippen molar-refractivity contribution in [1.82, 2.24) is 9.55 Å². The first-order valence-corrected chi connectivity index (χ1v) is 9.57. The van der Waals surface area contributed by atoms with Gasteiger partial charge in [0.1, 0.15) is 0 Å². The van der Waals surface area contributed by atoms with Crippen LogP contribution < -0.4 is 5.32 Å². The summed E-state index contributed by atoms with van der Waals surface area (Å²) in [6.45, 7) is 2.76. The van der Waals surface area contributed by atoms with Gasteiger partial charge in [-0.2, -0.15) is 0 Å². The van der Waals surface area contributed by atoms with Crippen molar-refractivity contribution in [3.8, 4) is 0 Å². The number of aromatic nitrogens is 2. The summed E-state index contributed by atoms with van der Waals surface area (Å²) >= 11 is 0. The van der Waals surface area contributed by atoms with E-state index in [4.69, 9.17) is 0 Å². The molecular formula is C24H21N3O2. The van der Waals surface area contributed by atoms with Crippen molar-refractivity contribution in [2.24, 2.45) is 0 Å². The van der Waals surface area contributed by atoms with Crippen LogP contribution in [0.2, 0.25) is 0 Å². The SMILES string of the molecule is CCc1ccc(Cn2cc(C(=O)C(=O)Nc3ccncc3)c3ccccc32)cc1. The number of Topliss-reactive ketones (excluding diaryl/α,β-unsaturated/α-hetero) is 1. The van der Waals surface area contributed by atoms with E-state index in [0.717, 1.165) is 22.9 Å². The molecule has 1 amide bonds. The van der Waals surface area contributed by atoms with E-state index in [0.29, 0.717) is 17.8 Å². The predicted octanol–water partition coefficient (Wildman–Crippen LogP) is 4.47. The lowest BCUT2D eigenvalue weighted by atomic mass is 10.1. The standard InChI is InChI=1S/C24H21N3O2/c1-2-17-7-9-18(10-8-17)15-27-16-21(20-5-3-4-6-22(20)27)23(28)24(29)26-19-11-13-25-14-12-19/h3-14,16H,2,15H2,1H3,(H,25,26,29). The highest BCUT2D eigenvalue weighted by Gasteiger charge is 2.21. The van der Waals surface area contributed by atoms with Gasteiger partial charge in [0, 0.05) is 41.7 Å². The Hall–Kier alpha value is -3.73. The normalized spacial score (nSPS) is 10.8. The van der Waals surface area contributed by atoms with Gasteiger partial charge in [-0.25, -0.2) is 0 Å². The number of hydrogen-bond donors (Lipinski definition) is 1. The summed E-state index contributed by atoms with van der Waals surface area (Å²) in [7, 11) is 0. The lowest BCUT2D eigenvalue weighted by Crippen LogP contribution is -2.22. The zero-order valence-corrected chi connectivity index (χ0v) is 16.1. The molecule has 2 aromatic heterocycles. The molecule has 5 nitrogen and oxygen atoms in total. The smallest absolute Gasteiger partial charge is 0.296 e. The average Bonchev–Trinajstić information content (AvgIpc) is 3.13. The number of fused-ring (bicyclic) bond motifs is 1. The quantitative estimate of drug-likeness (QED) is 0.395. The molecule has 0 aliphatic rings. The van der Waals surface area contributed by atoms with Crippen LogP contribution in [0.4, 0.5) is 5.69 Å². The number of amides is 1. The van der Waals surface area contributed by atoms with Crippen LogP contribution in [0.3, 0.4) is 0 Å². The molecule has 0 unspecified atom stereocenters. The minimum absolute atomic E-state index is 0.400. The summed E-state index contributed by atoms with van der Waals surface area (Å²) in [5.74, 6) is -1.22. The van der Waals surface area contributed by atoms with E-state index < -0.39 is 11.7 Å². The third kappa shape index (κ3) is 3.94. The van der Waals surface area contributed by atoms with Gasteiger partial charge in [-0.1, -0.05) is 49.4 Å². The van der Waals surface area contributed by atoms with Gasteiger partial charge in [-0.05, 0) is 35.7 Å². The molecule has 5 heteroatoms. The molecule has 0 bridgehead atoms. The van der Waals surface area contributed by atoms with E-state index in [1.54, 1.807) is 30.7 Å². The summed E-state index contributed by atoms with van der Waals surface area (Å²) in [6.07, 6.45) is 5.90. The number of ketones is 1. The molecule has 0 fully saturated rings. The molecule has 2 aromatic carbocycles. The molecule has 0 spiro atoms. The molecule has 144 valence electrons. The van der Waals surface area contributed by atoms with Gasteiger partial charge in [0.2, 0.25) is 0 Å². The van der Waals surface area contributed by atoms with Crippen molar-refractivity contribution in [2.75, 3.05) is 5.32 Å².